The molecular formula is C19H24N3+. The van der Waals surface area contributed by atoms with Crippen LogP contribution in [0, 0.1) is 6.92 Å². The number of aryl methyl sites for hydroxylation is 1. The molecule has 3 heteroatoms. The Labute approximate surface area is 132 Å². The van der Waals surface area contributed by atoms with E-state index in [0.29, 0.717) is 6.17 Å². The van der Waals surface area contributed by atoms with Crippen LogP contribution in [0.4, 0.5) is 17.2 Å². The molecule has 22 heavy (non-hydrogen) atoms. The van der Waals surface area contributed by atoms with Gasteiger partial charge in [-0.15, -0.1) is 0 Å². The lowest BCUT2D eigenvalue weighted by Gasteiger charge is -2.42. The number of fused-ring (bicyclic) bond motifs is 2. The van der Waals surface area contributed by atoms with Crippen molar-refractivity contribution in [1.29, 1.82) is 0 Å². The van der Waals surface area contributed by atoms with Crippen molar-refractivity contribution in [2.75, 3.05) is 18.0 Å². The maximum absolute atomic E-state index is 4.77. The zero-order chi connectivity index (χ0) is 15.2. The van der Waals surface area contributed by atoms with Gasteiger partial charge in [-0.1, -0.05) is 18.2 Å². The normalized spacial score (nSPS) is 22.8. The maximum Gasteiger partial charge on any atom is 0.200 e. The second-order valence-electron chi connectivity index (χ2n) is 6.68. The average Bonchev–Trinajstić information content (AvgIpc) is 2.79. The summed E-state index contributed by atoms with van der Waals surface area (Å²) in [6.07, 6.45) is 6.36. The largest absolute Gasteiger partial charge is 0.270 e. The molecule has 0 saturated carbocycles. The first-order valence-corrected chi connectivity index (χ1v) is 8.41. The van der Waals surface area contributed by atoms with Crippen LogP contribution >= 0.6 is 0 Å². The van der Waals surface area contributed by atoms with Crippen LogP contribution in [0.3, 0.4) is 0 Å². The number of piperidine rings is 1. The van der Waals surface area contributed by atoms with Crippen molar-refractivity contribution in [2.24, 2.45) is 0 Å². The first-order chi connectivity index (χ1) is 10.7. The molecule has 1 atom stereocenters. The van der Waals surface area contributed by atoms with Gasteiger partial charge in [-0.05, 0) is 43.9 Å². The first-order valence-electron chi connectivity index (χ1n) is 8.41. The van der Waals surface area contributed by atoms with Gasteiger partial charge in [-0.25, -0.2) is 4.98 Å². The van der Waals surface area contributed by atoms with Crippen LogP contribution in [0.15, 0.2) is 42.6 Å². The van der Waals surface area contributed by atoms with E-state index in [1.54, 1.807) is 0 Å². The highest BCUT2D eigenvalue weighted by Crippen LogP contribution is 2.49. The summed E-state index contributed by atoms with van der Waals surface area (Å²) >= 11 is 0. The smallest absolute Gasteiger partial charge is 0.200 e. The van der Waals surface area contributed by atoms with Gasteiger partial charge in [-0.2, -0.15) is 0 Å². The summed E-state index contributed by atoms with van der Waals surface area (Å²) < 4.78 is 1.08. The molecule has 1 spiro atoms. The van der Waals surface area contributed by atoms with Gasteiger partial charge in [0, 0.05) is 19.2 Å². The molecule has 3 heterocycles. The third-order valence-corrected chi connectivity index (χ3v) is 5.55. The summed E-state index contributed by atoms with van der Waals surface area (Å²) in [5.74, 6) is 1.16. The van der Waals surface area contributed by atoms with Crippen molar-refractivity contribution < 1.29 is 0 Å². The molecule has 1 saturated heterocycles. The Kier molecular flexibility index (Phi) is 3.19. The standard InChI is InChI=1S/C19H24N3/c1-15-9-4-5-10-17(15)21-16(2)22(13-6-3-7-14-22)18-11-8-12-20-19(18)21/h4-5,8-12,16H,3,6-7,13-14H2,1-2H3/q+1. The molecule has 2 aromatic rings. The topological polar surface area (TPSA) is 16.1 Å². The highest BCUT2D eigenvalue weighted by Gasteiger charge is 2.50. The third kappa shape index (κ3) is 1.82. The number of pyridine rings is 1. The molecule has 0 amide bonds. The average molecular weight is 294 g/mol. The molecule has 2 aliphatic rings. The van der Waals surface area contributed by atoms with Gasteiger partial charge in [0.05, 0.1) is 18.8 Å². The van der Waals surface area contributed by atoms with Crippen molar-refractivity contribution in [1.82, 2.24) is 9.47 Å². The molecular weight excluding hydrogens is 270 g/mol. The van der Waals surface area contributed by atoms with Crippen LogP contribution in [-0.4, -0.2) is 24.2 Å². The van der Waals surface area contributed by atoms with Crippen molar-refractivity contribution in [3.8, 4) is 0 Å². The lowest BCUT2D eigenvalue weighted by molar-refractivity contribution is 0.194. The van der Waals surface area contributed by atoms with Crippen LogP contribution in [0.1, 0.15) is 31.7 Å². The molecule has 0 aliphatic carbocycles. The van der Waals surface area contributed by atoms with Gasteiger partial charge < -0.3 is 0 Å². The minimum Gasteiger partial charge on any atom is -0.270 e. The molecule has 1 aromatic carbocycles. The Balaban J connectivity index is 1.89. The molecule has 1 aromatic heterocycles. The monoisotopic (exact) mass is 294 g/mol. The van der Waals surface area contributed by atoms with Gasteiger partial charge in [-0.3, -0.25) is 9.38 Å². The predicted molar refractivity (Wildman–Crippen MR) is 92.4 cm³/mol. The van der Waals surface area contributed by atoms with Gasteiger partial charge in [0.1, 0.15) is 0 Å². The highest BCUT2D eigenvalue weighted by molar-refractivity contribution is 5.79. The number of hydrogen-bond donors (Lipinski definition) is 0. The minimum atomic E-state index is 0.423. The Morgan fingerprint density at radius 1 is 1.05 bits per heavy atom. The summed E-state index contributed by atoms with van der Waals surface area (Å²) in [4.78, 5) is 7.24. The zero-order valence-electron chi connectivity index (χ0n) is 13.5. The van der Waals surface area contributed by atoms with Gasteiger partial charge in [0.15, 0.2) is 17.7 Å². The number of aromatic nitrogens is 1. The second kappa shape index (κ2) is 5.10. The first kappa shape index (κ1) is 13.8. The summed E-state index contributed by atoms with van der Waals surface area (Å²) in [6.45, 7) is 7.05. The molecule has 0 N–H and O–H groups in total. The molecule has 1 unspecified atom stereocenters. The van der Waals surface area contributed by atoms with Gasteiger partial charge in [0.25, 0.3) is 0 Å². The van der Waals surface area contributed by atoms with Crippen molar-refractivity contribution in [3.63, 3.8) is 0 Å². The van der Waals surface area contributed by atoms with E-state index in [1.165, 1.54) is 49.3 Å². The van der Waals surface area contributed by atoms with E-state index in [-0.39, 0.29) is 0 Å². The third-order valence-electron chi connectivity index (χ3n) is 5.55. The van der Waals surface area contributed by atoms with Gasteiger partial charge >= 0.3 is 0 Å². The number of para-hydroxylation sites is 1. The molecule has 0 radical (unpaired) electrons. The van der Waals surface area contributed by atoms with Crippen molar-refractivity contribution in [2.45, 2.75) is 39.3 Å². The Morgan fingerprint density at radius 2 is 1.82 bits per heavy atom. The predicted octanol–water partition coefficient (Wildman–Crippen LogP) is 4.38. The quantitative estimate of drug-likeness (QED) is 0.726. The Bertz CT molecular complexity index is 689. The summed E-state index contributed by atoms with van der Waals surface area (Å²) in [5, 5.41) is 0. The maximum atomic E-state index is 4.77. The van der Waals surface area contributed by atoms with Crippen LogP contribution in [0.5, 0.6) is 0 Å². The number of anilines is 2. The molecule has 114 valence electrons. The fraction of sp³-hybridized carbons (Fsp3) is 0.421. The number of nitrogens with zero attached hydrogens (tertiary/aromatic N) is 3. The lowest BCUT2D eigenvalue weighted by atomic mass is 10.1. The summed E-state index contributed by atoms with van der Waals surface area (Å²) in [5.41, 5.74) is 4.04. The lowest BCUT2D eigenvalue weighted by Crippen LogP contribution is -2.59. The van der Waals surface area contributed by atoms with E-state index in [4.69, 9.17) is 4.98 Å². The highest BCUT2D eigenvalue weighted by atomic mass is 15.6. The number of hydrogen-bond acceptors (Lipinski definition) is 2. The van der Waals surface area contributed by atoms with Crippen molar-refractivity contribution in [3.05, 3.63) is 48.2 Å². The summed E-state index contributed by atoms with van der Waals surface area (Å²) in [7, 11) is 0. The van der Waals surface area contributed by atoms with Gasteiger partial charge in [0.2, 0.25) is 0 Å². The zero-order valence-corrected chi connectivity index (χ0v) is 13.5. The fourth-order valence-electron chi connectivity index (χ4n) is 4.36. The van der Waals surface area contributed by atoms with Crippen LogP contribution in [-0.2, 0) is 0 Å². The SMILES string of the molecule is Cc1ccccc1N1c2ncccc2[N+]2(CCCCC2)C1C. The molecule has 1 fully saturated rings. The van der Waals surface area contributed by atoms with Crippen LogP contribution in [0.25, 0.3) is 0 Å². The van der Waals surface area contributed by atoms with E-state index >= 15 is 0 Å². The van der Waals surface area contributed by atoms with Crippen LogP contribution < -0.4 is 9.38 Å². The van der Waals surface area contributed by atoms with Crippen molar-refractivity contribution >= 4 is 17.2 Å². The van der Waals surface area contributed by atoms with E-state index in [0.717, 1.165) is 10.3 Å². The number of quaternary nitrogens is 1. The molecule has 3 nitrogen and oxygen atoms in total. The van der Waals surface area contributed by atoms with E-state index in [1.807, 2.05) is 6.20 Å². The number of benzene rings is 1. The Morgan fingerprint density at radius 3 is 2.59 bits per heavy atom. The van der Waals surface area contributed by atoms with Crippen LogP contribution in [0.2, 0.25) is 0 Å². The van der Waals surface area contributed by atoms with E-state index < -0.39 is 0 Å². The second-order valence-corrected chi connectivity index (χ2v) is 6.68. The fourth-order valence-corrected chi connectivity index (χ4v) is 4.36. The molecule has 4 rings (SSSR count). The van der Waals surface area contributed by atoms with E-state index in [9.17, 15) is 0 Å². The Hall–Kier alpha value is -1.87. The molecule has 0 bridgehead atoms. The van der Waals surface area contributed by atoms with E-state index in [2.05, 4.69) is 55.1 Å². The number of rotatable bonds is 1. The summed E-state index contributed by atoms with van der Waals surface area (Å²) in [6, 6.07) is 13.1. The minimum absolute atomic E-state index is 0.423. The molecule has 2 aliphatic heterocycles.